The van der Waals surface area contributed by atoms with Crippen LogP contribution in [0.5, 0.6) is 0 Å². The summed E-state index contributed by atoms with van der Waals surface area (Å²) >= 11 is 0. The molecule has 0 aromatic carbocycles. The Hall–Kier alpha value is -1.46. The van der Waals surface area contributed by atoms with Crippen molar-refractivity contribution in [3.8, 4) is 0 Å². The molecule has 1 aromatic heterocycles. The molecule has 1 saturated carbocycles. The van der Waals surface area contributed by atoms with Crippen LogP contribution in [0.25, 0.3) is 0 Å². The van der Waals surface area contributed by atoms with Crippen LogP contribution in [0.3, 0.4) is 0 Å². The fourth-order valence-corrected chi connectivity index (χ4v) is 4.94. The van der Waals surface area contributed by atoms with Crippen molar-refractivity contribution in [2.75, 3.05) is 39.3 Å². The molecule has 0 spiro atoms. The molecule has 0 radical (unpaired) electrons. The highest BCUT2D eigenvalue weighted by molar-refractivity contribution is 5.77. The van der Waals surface area contributed by atoms with Gasteiger partial charge in [0.15, 0.2) is 0 Å². The number of carboxylic acids is 1. The predicted octanol–water partition coefficient (Wildman–Crippen LogP) is 2.05. The van der Waals surface area contributed by atoms with E-state index in [1.807, 2.05) is 19.1 Å². The summed E-state index contributed by atoms with van der Waals surface area (Å²) in [5.41, 5.74) is 1.60. The van der Waals surface area contributed by atoms with Gasteiger partial charge in [0.05, 0.1) is 5.41 Å². The van der Waals surface area contributed by atoms with Gasteiger partial charge in [-0.2, -0.15) is 0 Å². The highest BCUT2D eigenvalue weighted by Crippen LogP contribution is 2.43. The van der Waals surface area contributed by atoms with Gasteiger partial charge in [0, 0.05) is 63.0 Å². The lowest BCUT2D eigenvalue weighted by Crippen LogP contribution is -2.42. The first-order valence-corrected chi connectivity index (χ1v) is 9.66. The van der Waals surface area contributed by atoms with Crippen molar-refractivity contribution in [3.05, 3.63) is 29.6 Å². The van der Waals surface area contributed by atoms with Gasteiger partial charge in [0.1, 0.15) is 0 Å². The van der Waals surface area contributed by atoms with E-state index >= 15 is 0 Å². The quantitative estimate of drug-likeness (QED) is 0.857. The van der Waals surface area contributed by atoms with Gasteiger partial charge in [0.25, 0.3) is 0 Å². The number of carbonyl (C=O) groups is 1. The van der Waals surface area contributed by atoms with Crippen molar-refractivity contribution in [1.82, 2.24) is 14.8 Å². The molecule has 0 bridgehead atoms. The summed E-state index contributed by atoms with van der Waals surface area (Å²) in [5, 5.41) is 9.97. The minimum Gasteiger partial charge on any atom is -0.481 e. The number of rotatable bonds is 6. The van der Waals surface area contributed by atoms with E-state index in [9.17, 15) is 9.90 Å². The number of aromatic nitrogens is 1. The maximum Gasteiger partial charge on any atom is 0.312 e. The molecule has 1 aliphatic carbocycles. The second-order valence-electron chi connectivity index (χ2n) is 8.40. The van der Waals surface area contributed by atoms with Crippen LogP contribution >= 0.6 is 0 Å². The fourth-order valence-electron chi connectivity index (χ4n) is 4.94. The Bertz CT molecular complexity index is 646. The largest absolute Gasteiger partial charge is 0.481 e. The average Bonchev–Trinajstić information content (AvgIpc) is 3.03. The summed E-state index contributed by atoms with van der Waals surface area (Å²) in [6, 6.07) is 6.13. The molecule has 25 heavy (non-hydrogen) atoms. The number of hydrogen-bond acceptors (Lipinski definition) is 4. The molecule has 2 saturated heterocycles. The number of aryl methyl sites for hydroxylation is 1. The van der Waals surface area contributed by atoms with Gasteiger partial charge < -0.3 is 14.9 Å². The molecule has 5 heteroatoms. The molecule has 3 heterocycles. The Labute approximate surface area is 150 Å². The van der Waals surface area contributed by atoms with Crippen LogP contribution in [-0.2, 0) is 11.2 Å². The summed E-state index contributed by atoms with van der Waals surface area (Å²) in [4.78, 5) is 21.5. The summed E-state index contributed by atoms with van der Waals surface area (Å²) in [6.07, 6.45) is 4.91. The molecule has 4 rings (SSSR count). The van der Waals surface area contributed by atoms with Crippen molar-refractivity contribution in [1.29, 1.82) is 0 Å². The molecule has 136 valence electrons. The average molecular weight is 343 g/mol. The zero-order chi connectivity index (χ0) is 17.4. The van der Waals surface area contributed by atoms with Gasteiger partial charge in [-0.15, -0.1) is 0 Å². The van der Waals surface area contributed by atoms with Crippen LogP contribution in [0, 0.1) is 24.2 Å². The highest BCUT2D eigenvalue weighted by atomic mass is 16.4. The Kier molecular flexibility index (Phi) is 4.54. The maximum absolute atomic E-state index is 12.1. The number of hydrogen-bond donors (Lipinski definition) is 1. The summed E-state index contributed by atoms with van der Waals surface area (Å²) in [5.74, 6) is 0.494. The van der Waals surface area contributed by atoms with E-state index in [2.05, 4.69) is 20.9 Å². The summed E-state index contributed by atoms with van der Waals surface area (Å²) in [7, 11) is 0. The first-order chi connectivity index (χ1) is 12.0. The number of carboxylic acid groups (broad SMARTS) is 1. The number of likely N-dealkylation sites (tertiary alicyclic amines) is 2. The molecule has 3 fully saturated rings. The lowest BCUT2D eigenvalue weighted by Gasteiger charge is -2.31. The van der Waals surface area contributed by atoms with E-state index in [4.69, 9.17) is 0 Å². The predicted molar refractivity (Wildman–Crippen MR) is 96.5 cm³/mol. The van der Waals surface area contributed by atoms with Gasteiger partial charge in [-0.05, 0) is 37.8 Å². The summed E-state index contributed by atoms with van der Waals surface area (Å²) < 4.78 is 0. The number of fused-ring (bicyclic) bond motifs is 1. The van der Waals surface area contributed by atoms with E-state index in [0.717, 1.165) is 56.5 Å². The highest BCUT2D eigenvalue weighted by Gasteiger charge is 2.57. The summed E-state index contributed by atoms with van der Waals surface area (Å²) in [6.45, 7) is 7.34. The molecule has 5 nitrogen and oxygen atoms in total. The minimum absolute atomic E-state index is 0.274. The van der Waals surface area contributed by atoms with E-state index in [1.165, 1.54) is 19.3 Å². The molecule has 1 N–H and O–H groups in total. The third-order valence-corrected chi connectivity index (χ3v) is 6.55. The van der Waals surface area contributed by atoms with Gasteiger partial charge >= 0.3 is 5.97 Å². The Morgan fingerprint density at radius 3 is 2.68 bits per heavy atom. The normalized spacial score (nSPS) is 30.4. The molecule has 2 atom stereocenters. The van der Waals surface area contributed by atoms with Crippen LogP contribution in [0.2, 0.25) is 0 Å². The maximum atomic E-state index is 12.1. The van der Waals surface area contributed by atoms with Crippen LogP contribution in [-0.4, -0.2) is 65.1 Å². The molecule has 2 aliphatic heterocycles. The van der Waals surface area contributed by atoms with Gasteiger partial charge in [-0.25, -0.2) is 0 Å². The Morgan fingerprint density at radius 2 is 2.04 bits per heavy atom. The van der Waals surface area contributed by atoms with E-state index in [-0.39, 0.29) is 5.92 Å². The van der Waals surface area contributed by atoms with Gasteiger partial charge in [-0.3, -0.25) is 9.78 Å². The van der Waals surface area contributed by atoms with E-state index < -0.39 is 11.4 Å². The molecule has 0 unspecified atom stereocenters. The molecule has 3 aliphatic rings. The number of aliphatic carboxylic acids is 1. The van der Waals surface area contributed by atoms with Crippen LogP contribution in [0.4, 0.5) is 0 Å². The third-order valence-electron chi connectivity index (χ3n) is 6.55. The second kappa shape index (κ2) is 6.69. The monoisotopic (exact) mass is 343 g/mol. The van der Waals surface area contributed by atoms with Crippen LogP contribution < -0.4 is 0 Å². The van der Waals surface area contributed by atoms with Crippen molar-refractivity contribution in [3.63, 3.8) is 0 Å². The van der Waals surface area contributed by atoms with Crippen LogP contribution in [0.1, 0.15) is 30.7 Å². The smallest absolute Gasteiger partial charge is 0.312 e. The zero-order valence-corrected chi connectivity index (χ0v) is 15.2. The zero-order valence-electron chi connectivity index (χ0n) is 15.2. The van der Waals surface area contributed by atoms with Crippen molar-refractivity contribution in [2.45, 2.75) is 32.6 Å². The third kappa shape index (κ3) is 3.32. The first-order valence-electron chi connectivity index (χ1n) is 9.66. The van der Waals surface area contributed by atoms with Crippen molar-refractivity contribution < 1.29 is 9.90 Å². The van der Waals surface area contributed by atoms with Crippen molar-refractivity contribution >= 4 is 5.97 Å². The lowest BCUT2D eigenvalue weighted by molar-refractivity contribution is -0.148. The first kappa shape index (κ1) is 17.0. The SMILES string of the molecule is Cc1cccc(CCN2C[C@H]3CN(CC4CCC4)C[C@@]3(C(=O)O)C2)n1. The Balaban J connectivity index is 1.36. The van der Waals surface area contributed by atoms with E-state index in [1.54, 1.807) is 0 Å². The van der Waals surface area contributed by atoms with Crippen molar-refractivity contribution in [2.24, 2.45) is 17.3 Å². The standard InChI is InChI=1S/C20H29N3O2/c1-15-4-2-7-18(21-15)8-9-22-11-17-12-23(10-16-5-3-6-16)14-20(17,13-22)19(24)25/h2,4,7,16-17H,3,5-6,8-14H2,1H3,(H,24,25)/t17-,20-/m0/s1. The van der Waals surface area contributed by atoms with Gasteiger partial charge in [-0.1, -0.05) is 12.5 Å². The fraction of sp³-hybridized carbons (Fsp3) is 0.700. The topological polar surface area (TPSA) is 56.7 Å². The van der Waals surface area contributed by atoms with E-state index in [0.29, 0.717) is 6.54 Å². The minimum atomic E-state index is -0.593. The molecular weight excluding hydrogens is 314 g/mol. The lowest BCUT2D eigenvalue weighted by atomic mass is 9.81. The molecular formula is C20H29N3O2. The van der Waals surface area contributed by atoms with Crippen LogP contribution in [0.15, 0.2) is 18.2 Å². The van der Waals surface area contributed by atoms with Gasteiger partial charge in [0.2, 0.25) is 0 Å². The molecule has 1 aromatic rings. The Morgan fingerprint density at radius 1 is 1.28 bits per heavy atom. The number of nitrogens with zero attached hydrogens (tertiary/aromatic N) is 3. The molecule has 0 amide bonds. The second-order valence-corrected chi connectivity index (χ2v) is 8.40. The number of pyridine rings is 1.